The van der Waals surface area contributed by atoms with Crippen molar-refractivity contribution in [2.45, 2.75) is 31.9 Å². The summed E-state index contributed by atoms with van der Waals surface area (Å²) in [7, 11) is 0. The number of pyridine rings is 1. The second kappa shape index (κ2) is 11.4. The summed E-state index contributed by atoms with van der Waals surface area (Å²) in [6, 6.07) is 5.97. The van der Waals surface area contributed by atoms with Crippen LogP contribution in [0.25, 0.3) is 11.3 Å². The van der Waals surface area contributed by atoms with Crippen molar-refractivity contribution in [3.8, 4) is 11.3 Å². The lowest BCUT2D eigenvalue weighted by atomic mass is 10.0. The molecule has 3 aromatic heterocycles. The van der Waals surface area contributed by atoms with E-state index in [0.29, 0.717) is 12.2 Å². The number of aliphatic hydroxyl groups is 1. The molecule has 1 amide bonds. The van der Waals surface area contributed by atoms with Gasteiger partial charge in [-0.2, -0.15) is 5.10 Å². The number of amides is 1. The van der Waals surface area contributed by atoms with E-state index in [0.717, 1.165) is 55.3 Å². The number of nitrogens with zero attached hydrogens (tertiary/aromatic N) is 6. The summed E-state index contributed by atoms with van der Waals surface area (Å²) < 4.78 is 43.2. The van der Waals surface area contributed by atoms with Crippen molar-refractivity contribution in [3.63, 3.8) is 0 Å². The van der Waals surface area contributed by atoms with Gasteiger partial charge in [0.15, 0.2) is 5.82 Å². The fourth-order valence-corrected chi connectivity index (χ4v) is 4.67. The fraction of sp³-hybridized carbons (Fsp3) is 0.269. The van der Waals surface area contributed by atoms with Crippen LogP contribution in [-0.4, -0.2) is 54.9 Å². The minimum Gasteiger partial charge on any atom is -0.394 e. The van der Waals surface area contributed by atoms with Crippen LogP contribution in [0.2, 0.25) is 5.02 Å². The number of aromatic nitrogens is 5. The Balaban J connectivity index is 1.27. The first-order valence-corrected chi connectivity index (χ1v) is 12.5. The Kier molecular flexibility index (Phi) is 7.75. The summed E-state index contributed by atoms with van der Waals surface area (Å²) in [5, 5.41) is 16.1. The molecule has 0 aliphatic carbocycles. The minimum atomic E-state index is -2.99. The van der Waals surface area contributed by atoms with E-state index in [1.807, 2.05) is 12.1 Å². The van der Waals surface area contributed by atoms with E-state index in [4.69, 9.17) is 11.6 Å². The predicted octanol–water partition coefficient (Wildman–Crippen LogP) is 4.73. The maximum absolute atomic E-state index is 14.6. The lowest BCUT2D eigenvalue weighted by Gasteiger charge is -2.24. The second-order valence-corrected chi connectivity index (χ2v) is 9.40. The Morgan fingerprint density at radius 2 is 2.03 bits per heavy atom. The average molecular weight is 558 g/mol. The molecule has 1 atom stereocenters. The molecule has 0 bridgehead atoms. The van der Waals surface area contributed by atoms with E-state index in [-0.39, 0.29) is 29.1 Å². The van der Waals surface area contributed by atoms with E-state index < -0.39 is 29.3 Å². The topological polar surface area (TPSA) is 109 Å². The summed E-state index contributed by atoms with van der Waals surface area (Å²) in [4.78, 5) is 27.3. The van der Waals surface area contributed by atoms with Gasteiger partial charge in [0.1, 0.15) is 11.5 Å². The molecule has 2 N–H and O–H groups in total. The molecule has 4 heterocycles. The smallest absolute Gasteiger partial charge is 0.275 e. The summed E-state index contributed by atoms with van der Waals surface area (Å²) in [5.41, 5.74) is -0.324. The molecule has 1 fully saturated rings. The van der Waals surface area contributed by atoms with Crippen molar-refractivity contribution >= 4 is 29.0 Å². The van der Waals surface area contributed by atoms with Crippen molar-refractivity contribution in [2.75, 3.05) is 23.4 Å². The number of alkyl halides is 2. The van der Waals surface area contributed by atoms with Crippen molar-refractivity contribution < 1.29 is 23.1 Å². The van der Waals surface area contributed by atoms with Crippen LogP contribution in [0.15, 0.2) is 55.2 Å². The number of aliphatic hydroxyl groups excluding tert-OH is 1. The van der Waals surface area contributed by atoms with E-state index >= 15 is 0 Å². The van der Waals surface area contributed by atoms with E-state index in [1.165, 1.54) is 6.20 Å². The highest BCUT2D eigenvalue weighted by molar-refractivity contribution is 6.31. The van der Waals surface area contributed by atoms with Gasteiger partial charge in [0.05, 0.1) is 54.2 Å². The standard InChI is InChI=1S/C26H23ClF3N7O2/c27-19-5-4-18(25(29)30)23(24(19)28)20-10-31-11-21(35-20)26(39)34-16-9-33-36(13-16)12-15-3-6-22(32-8-15)37-7-1-2-17(37)14-38/h3-6,8-11,13,17,25,38H,1-2,7,12,14H2,(H,34,39). The number of nitrogens with one attached hydrogen (secondary N) is 1. The molecular formula is C26H23ClF3N7O2. The van der Waals surface area contributed by atoms with Crippen molar-refractivity contribution in [2.24, 2.45) is 0 Å². The van der Waals surface area contributed by atoms with E-state index in [1.54, 1.807) is 17.1 Å². The van der Waals surface area contributed by atoms with Crippen LogP contribution in [0.5, 0.6) is 0 Å². The lowest BCUT2D eigenvalue weighted by Crippen LogP contribution is -2.32. The molecule has 9 nitrogen and oxygen atoms in total. The minimum absolute atomic E-state index is 0.0851. The molecule has 1 aromatic carbocycles. The highest BCUT2D eigenvalue weighted by Crippen LogP contribution is 2.35. The van der Waals surface area contributed by atoms with Crippen LogP contribution in [0.4, 0.5) is 24.7 Å². The lowest BCUT2D eigenvalue weighted by molar-refractivity contribution is 0.102. The van der Waals surface area contributed by atoms with Gasteiger partial charge < -0.3 is 15.3 Å². The summed E-state index contributed by atoms with van der Waals surface area (Å²) in [6.07, 6.45) is 5.99. The van der Waals surface area contributed by atoms with Gasteiger partial charge in [0, 0.05) is 30.1 Å². The van der Waals surface area contributed by atoms with Crippen molar-refractivity contribution in [1.82, 2.24) is 24.7 Å². The third-order valence-corrected chi connectivity index (χ3v) is 6.70. The third-order valence-electron chi connectivity index (χ3n) is 6.41. The molecule has 202 valence electrons. The normalized spacial score (nSPS) is 15.2. The molecule has 4 aromatic rings. The van der Waals surface area contributed by atoms with Crippen LogP contribution in [-0.2, 0) is 6.54 Å². The summed E-state index contributed by atoms with van der Waals surface area (Å²) in [6.45, 7) is 1.34. The Hall–Kier alpha value is -4.03. The van der Waals surface area contributed by atoms with Gasteiger partial charge in [-0.3, -0.25) is 14.5 Å². The first kappa shape index (κ1) is 26.6. The Labute approximate surface area is 226 Å². The number of rotatable bonds is 8. The maximum Gasteiger partial charge on any atom is 0.275 e. The molecule has 0 spiro atoms. The number of hydrogen-bond acceptors (Lipinski definition) is 7. The monoisotopic (exact) mass is 557 g/mol. The van der Waals surface area contributed by atoms with Gasteiger partial charge in [-0.05, 0) is 30.5 Å². The SMILES string of the molecule is O=C(Nc1cnn(Cc2ccc(N3CCCC3CO)nc2)c1)c1cncc(-c2c(C(F)F)ccc(Cl)c2F)n1. The van der Waals surface area contributed by atoms with Crippen molar-refractivity contribution in [1.29, 1.82) is 0 Å². The van der Waals surface area contributed by atoms with Gasteiger partial charge in [0.2, 0.25) is 0 Å². The zero-order chi connectivity index (χ0) is 27.5. The average Bonchev–Trinajstić information content (AvgIpc) is 3.60. The molecule has 39 heavy (non-hydrogen) atoms. The van der Waals surface area contributed by atoms with E-state index in [9.17, 15) is 23.1 Å². The summed E-state index contributed by atoms with van der Waals surface area (Å²) >= 11 is 5.79. The van der Waals surface area contributed by atoms with Gasteiger partial charge in [-0.25, -0.2) is 23.1 Å². The number of benzene rings is 1. The number of halogens is 4. The molecule has 1 unspecified atom stereocenters. The first-order valence-electron chi connectivity index (χ1n) is 12.1. The number of carbonyl (C=O) groups excluding carboxylic acids is 1. The third kappa shape index (κ3) is 5.71. The molecule has 0 radical (unpaired) electrons. The Morgan fingerprint density at radius 3 is 2.77 bits per heavy atom. The molecule has 13 heteroatoms. The first-order chi connectivity index (χ1) is 18.8. The number of hydrogen-bond donors (Lipinski definition) is 2. The zero-order valence-corrected chi connectivity index (χ0v) is 21.2. The van der Waals surface area contributed by atoms with Gasteiger partial charge in [-0.15, -0.1) is 0 Å². The molecule has 1 saturated heterocycles. The molecular weight excluding hydrogens is 535 g/mol. The van der Waals surface area contributed by atoms with Crippen LogP contribution >= 0.6 is 11.6 Å². The Morgan fingerprint density at radius 1 is 1.18 bits per heavy atom. The largest absolute Gasteiger partial charge is 0.394 e. The summed E-state index contributed by atoms with van der Waals surface area (Å²) in [5.74, 6) is -0.941. The van der Waals surface area contributed by atoms with Crippen LogP contribution in [0, 0.1) is 5.82 Å². The number of carbonyl (C=O) groups is 1. The highest BCUT2D eigenvalue weighted by Gasteiger charge is 2.25. The van der Waals surface area contributed by atoms with Gasteiger partial charge in [-0.1, -0.05) is 23.7 Å². The molecule has 1 aliphatic heterocycles. The van der Waals surface area contributed by atoms with Crippen LogP contribution < -0.4 is 10.2 Å². The van der Waals surface area contributed by atoms with Crippen molar-refractivity contribution in [3.05, 3.63) is 82.9 Å². The van der Waals surface area contributed by atoms with Gasteiger partial charge >= 0.3 is 0 Å². The van der Waals surface area contributed by atoms with E-state index in [2.05, 4.69) is 30.3 Å². The van der Waals surface area contributed by atoms with Gasteiger partial charge in [0.25, 0.3) is 12.3 Å². The number of anilines is 2. The maximum atomic E-state index is 14.6. The molecule has 1 aliphatic rings. The fourth-order valence-electron chi connectivity index (χ4n) is 4.51. The highest BCUT2D eigenvalue weighted by atomic mass is 35.5. The van der Waals surface area contributed by atoms with Crippen LogP contribution in [0.1, 0.15) is 40.9 Å². The second-order valence-electron chi connectivity index (χ2n) is 8.99. The van der Waals surface area contributed by atoms with Crippen LogP contribution in [0.3, 0.4) is 0 Å². The molecule has 0 saturated carbocycles. The molecule has 5 rings (SSSR count). The zero-order valence-electron chi connectivity index (χ0n) is 20.4. The predicted molar refractivity (Wildman–Crippen MR) is 138 cm³/mol. The Bertz CT molecular complexity index is 1480. The quantitative estimate of drug-likeness (QED) is 0.322.